The fraction of sp³-hybridized carbons (Fsp3) is 0.571. The van der Waals surface area contributed by atoms with Crippen LogP contribution in [0.5, 0.6) is 0 Å². The fourth-order valence-corrected chi connectivity index (χ4v) is 3.45. The van der Waals surface area contributed by atoms with Crippen LogP contribution in [-0.2, 0) is 6.54 Å². The van der Waals surface area contributed by atoms with Gasteiger partial charge in [0.25, 0.3) is 5.69 Å². The predicted octanol–water partition coefficient (Wildman–Crippen LogP) is 3.28. The van der Waals surface area contributed by atoms with E-state index < -0.39 is 0 Å². The van der Waals surface area contributed by atoms with Crippen molar-refractivity contribution < 1.29 is 4.92 Å². The summed E-state index contributed by atoms with van der Waals surface area (Å²) in [5.74, 6) is 0. The van der Waals surface area contributed by atoms with Crippen LogP contribution in [0.4, 0.5) is 5.69 Å². The number of nitrogens with one attached hydrogen (secondary N) is 1. The van der Waals surface area contributed by atoms with Gasteiger partial charge in [-0.3, -0.25) is 10.1 Å². The largest absolute Gasteiger partial charge is 0.311 e. The lowest BCUT2D eigenvalue weighted by atomic mass is 9.84. The molecule has 1 fully saturated rings. The Hall–Kier alpha value is -1.07. The Morgan fingerprint density at radius 1 is 1.47 bits per heavy atom. The van der Waals surface area contributed by atoms with Gasteiger partial charge in [-0.05, 0) is 31.6 Å². The average Bonchev–Trinajstić information content (AvgIpc) is 2.34. The third kappa shape index (κ3) is 3.09. The minimum absolute atomic E-state index is 0.211. The van der Waals surface area contributed by atoms with E-state index in [0.29, 0.717) is 11.3 Å². The molecule has 4 nitrogen and oxygen atoms in total. The van der Waals surface area contributed by atoms with Gasteiger partial charge in [0.1, 0.15) is 0 Å². The van der Waals surface area contributed by atoms with Gasteiger partial charge >= 0.3 is 0 Å². The zero-order valence-electron chi connectivity index (χ0n) is 11.4. The van der Waals surface area contributed by atoms with Gasteiger partial charge in [0, 0.05) is 29.5 Å². The van der Waals surface area contributed by atoms with Crippen LogP contribution in [0.1, 0.15) is 30.4 Å². The summed E-state index contributed by atoms with van der Waals surface area (Å²) < 4.78 is 0.397. The Morgan fingerprint density at radius 3 is 2.74 bits per heavy atom. The summed E-state index contributed by atoms with van der Waals surface area (Å²) in [4.78, 5) is 10.6. The molecule has 1 saturated carbocycles. The van der Waals surface area contributed by atoms with Gasteiger partial charge in [0.15, 0.2) is 0 Å². The Balaban J connectivity index is 1.96. The molecule has 1 aliphatic carbocycles. The maximum Gasteiger partial charge on any atom is 0.272 e. The Morgan fingerprint density at radius 2 is 2.21 bits per heavy atom. The van der Waals surface area contributed by atoms with Crippen molar-refractivity contribution in [1.29, 1.82) is 0 Å². The van der Waals surface area contributed by atoms with Gasteiger partial charge in [-0.2, -0.15) is 11.8 Å². The van der Waals surface area contributed by atoms with E-state index in [-0.39, 0.29) is 10.6 Å². The van der Waals surface area contributed by atoms with Crippen LogP contribution in [0.25, 0.3) is 0 Å². The van der Waals surface area contributed by atoms with E-state index >= 15 is 0 Å². The molecule has 0 atom stereocenters. The van der Waals surface area contributed by atoms with Crippen molar-refractivity contribution >= 4 is 17.4 Å². The molecule has 104 valence electrons. The fourth-order valence-electron chi connectivity index (χ4n) is 2.51. The van der Waals surface area contributed by atoms with E-state index in [0.717, 1.165) is 17.7 Å². The van der Waals surface area contributed by atoms with Crippen LogP contribution in [-0.4, -0.2) is 22.5 Å². The standard InChI is InChI=1S/C14H20N2O2S/c1-11-12(5-3-6-13(11)16(17)18)9-15-10-14(19-2)7-4-8-14/h3,5-6,15H,4,7-10H2,1-2H3. The molecule has 0 radical (unpaired) electrons. The van der Waals surface area contributed by atoms with Gasteiger partial charge in [-0.1, -0.05) is 18.6 Å². The molecule has 1 aromatic carbocycles. The van der Waals surface area contributed by atoms with Crippen molar-refractivity contribution in [2.75, 3.05) is 12.8 Å². The maximum atomic E-state index is 10.9. The zero-order chi connectivity index (χ0) is 13.9. The summed E-state index contributed by atoms with van der Waals surface area (Å²) in [6.07, 6.45) is 6.03. The van der Waals surface area contributed by atoms with Crippen LogP contribution in [0.2, 0.25) is 0 Å². The molecular weight excluding hydrogens is 260 g/mol. The third-order valence-corrected chi connectivity index (χ3v) is 5.49. The lowest BCUT2D eigenvalue weighted by molar-refractivity contribution is -0.385. The van der Waals surface area contributed by atoms with E-state index in [1.807, 2.05) is 24.8 Å². The Bertz CT molecular complexity index is 467. The van der Waals surface area contributed by atoms with Crippen molar-refractivity contribution in [3.8, 4) is 0 Å². The smallest absolute Gasteiger partial charge is 0.272 e. The molecule has 19 heavy (non-hydrogen) atoms. The monoisotopic (exact) mass is 280 g/mol. The molecule has 1 aromatic rings. The number of hydrogen-bond donors (Lipinski definition) is 1. The van der Waals surface area contributed by atoms with Crippen molar-refractivity contribution in [3.05, 3.63) is 39.4 Å². The second kappa shape index (κ2) is 5.92. The van der Waals surface area contributed by atoms with Gasteiger partial charge < -0.3 is 5.32 Å². The first-order valence-corrected chi connectivity index (χ1v) is 7.79. The number of hydrogen-bond acceptors (Lipinski definition) is 4. The molecule has 0 saturated heterocycles. The highest BCUT2D eigenvalue weighted by Gasteiger charge is 2.35. The number of benzene rings is 1. The van der Waals surface area contributed by atoms with Crippen molar-refractivity contribution in [2.45, 2.75) is 37.5 Å². The molecule has 5 heteroatoms. The SMILES string of the molecule is CSC1(CNCc2cccc([N+](=O)[O-])c2C)CCC1. The van der Waals surface area contributed by atoms with Crippen LogP contribution in [0.15, 0.2) is 18.2 Å². The van der Waals surface area contributed by atoms with Crippen molar-refractivity contribution in [1.82, 2.24) is 5.32 Å². The molecule has 1 N–H and O–H groups in total. The van der Waals surface area contributed by atoms with Crippen molar-refractivity contribution in [2.24, 2.45) is 0 Å². The molecule has 0 heterocycles. The predicted molar refractivity (Wildman–Crippen MR) is 79.6 cm³/mol. The van der Waals surface area contributed by atoms with Gasteiger partial charge in [0.05, 0.1) is 4.92 Å². The molecule has 0 bridgehead atoms. The number of nitrogens with zero attached hydrogens (tertiary/aromatic N) is 1. The first-order valence-electron chi connectivity index (χ1n) is 6.57. The number of thioether (sulfide) groups is 1. The molecule has 0 aromatic heterocycles. The second-order valence-corrected chi connectivity index (χ2v) is 6.44. The highest BCUT2D eigenvalue weighted by molar-refractivity contribution is 8.00. The van der Waals surface area contributed by atoms with Crippen LogP contribution in [0.3, 0.4) is 0 Å². The highest BCUT2D eigenvalue weighted by Crippen LogP contribution is 2.42. The molecule has 1 aliphatic rings. The Labute approximate surface area is 118 Å². The molecule has 0 amide bonds. The molecule has 0 unspecified atom stereocenters. The van der Waals surface area contributed by atoms with E-state index in [1.54, 1.807) is 12.1 Å². The van der Waals surface area contributed by atoms with E-state index in [1.165, 1.54) is 19.3 Å². The maximum absolute atomic E-state index is 10.9. The summed E-state index contributed by atoms with van der Waals surface area (Å²) in [5.41, 5.74) is 2.00. The Kier molecular flexibility index (Phi) is 4.47. The first-order chi connectivity index (χ1) is 9.08. The van der Waals surface area contributed by atoms with Gasteiger partial charge in [-0.15, -0.1) is 0 Å². The third-order valence-electron chi connectivity index (χ3n) is 4.07. The lowest BCUT2D eigenvalue weighted by Crippen LogP contribution is -2.43. The average molecular weight is 280 g/mol. The summed E-state index contributed by atoms with van der Waals surface area (Å²) >= 11 is 1.94. The van der Waals surface area contributed by atoms with E-state index in [2.05, 4.69) is 11.6 Å². The lowest BCUT2D eigenvalue weighted by Gasteiger charge is -2.40. The summed E-state index contributed by atoms with van der Waals surface area (Å²) in [7, 11) is 0. The van der Waals surface area contributed by atoms with Crippen LogP contribution in [0, 0.1) is 17.0 Å². The van der Waals surface area contributed by atoms with Gasteiger partial charge in [-0.25, -0.2) is 0 Å². The second-order valence-electron chi connectivity index (χ2n) is 5.16. The van der Waals surface area contributed by atoms with Crippen molar-refractivity contribution in [3.63, 3.8) is 0 Å². The molecular formula is C14H20N2O2S. The number of nitro groups is 1. The normalized spacial score (nSPS) is 16.9. The summed E-state index contributed by atoms with van der Waals surface area (Å²) in [6.45, 7) is 3.51. The highest BCUT2D eigenvalue weighted by atomic mass is 32.2. The zero-order valence-corrected chi connectivity index (χ0v) is 12.3. The van der Waals surface area contributed by atoms with Crippen LogP contribution >= 0.6 is 11.8 Å². The van der Waals surface area contributed by atoms with Crippen LogP contribution < -0.4 is 5.32 Å². The minimum atomic E-state index is -0.311. The van der Waals surface area contributed by atoms with Gasteiger partial charge in [0.2, 0.25) is 0 Å². The summed E-state index contributed by atoms with van der Waals surface area (Å²) in [5, 5.41) is 14.3. The van der Waals surface area contributed by atoms with E-state index in [9.17, 15) is 10.1 Å². The first kappa shape index (κ1) is 14.3. The summed E-state index contributed by atoms with van der Waals surface area (Å²) in [6, 6.07) is 5.28. The molecule has 0 aliphatic heterocycles. The molecule has 0 spiro atoms. The molecule has 2 rings (SSSR count). The van der Waals surface area contributed by atoms with E-state index in [4.69, 9.17) is 0 Å². The topological polar surface area (TPSA) is 55.2 Å². The number of rotatable bonds is 6. The quantitative estimate of drug-likeness (QED) is 0.642. The number of nitro benzene ring substituents is 1. The minimum Gasteiger partial charge on any atom is -0.311 e.